The summed E-state index contributed by atoms with van der Waals surface area (Å²) in [5, 5.41) is 0. The molecule has 0 saturated carbocycles. The van der Waals surface area contributed by atoms with Gasteiger partial charge in [0.1, 0.15) is 5.52 Å². The second-order valence-electron chi connectivity index (χ2n) is 3.28. The number of para-hydroxylation sites is 1. The van der Waals surface area contributed by atoms with Crippen LogP contribution in [-0.2, 0) is 10.9 Å². The van der Waals surface area contributed by atoms with Crippen LogP contribution < -0.4 is 0 Å². The summed E-state index contributed by atoms with van der Waals surface area (Å²) in [6, 6.07) is 4.21. The van der Waals surface area contributed by atoms with E-state index in [2.05, 4.69) is 14.7 Å². The molecule has 0 radical (unpaired) electrons. The lowest BCUT2D eigenvalue weighted by Gasteiger charge is -1.99. The number of aromatic amines is 1. The summed E-state index contributed by atoms with van der Waals surface area (Å²) in [7, 11) is 1.15. The van der Waals surface area contributed by atoms with Gasteiger partial charge >= 0.3 is 12.1 Å². The molecule has 0 bridgehead atoms. The third-order valence-electron chi connectivity index (χ3n) is 2.19. The van der Waals surface area contributed by atoms with Crippen LogP contribution in [0.2, 0.25) is 0 Å². The minimum atomic E-state index is -4.58. The first kappa shape index (κ1) is 11.4. The number of benzene rings is 1. The van der Waals surface area contributed by atoms with Crippen molar-refractivity contribution in [2.45, 2.75) is 6.18 Å². The second-order valence-corrected chi connectivity index (χ2v) is 3.28. The fraction of sp³-hybridized carbons (Fsp3) is 0.200. The molecule has 7 heteroatoms. The van der Waals surface area contributed by atoms with Gasteiger partial charge < -0.3 is 9.72 Å². The zero-order chi connectivity index (χ0) is 12.6. The van der Waals surface area contributed by atoms with Gasteiger partial charge in [-0.15, -0.1) is 0 Å². The summed E-state index contributed by atoms with van der Waals surface area (Å²) >= 11 is 0. The number of methoxy groups -OCH3 is 1. The van der Waals surface area contributed by atoms with Crippen LogP contribution >= 0.6 is 0 Å². The molecule has 0 aliphatic carbocycles. The number of hydrogen-bond donors (Lipinski definition) is 1. The topological polar surface area (TPSA) is 55.0 Å². The largest absolute Gasteiger partial charge is 0.465 e. The van der Waals surface area contributed by atoms with Crippen LogP contribution in [0.25, 0.3) is 11.0 Å². The van der Waals surface area contributed by atoms with E-state index in [1.807, 2.05) is 0 Å². The predicted molar refractivity (Wildman–Crippen MR) is 52.4 cm³/mol. The number of nitrogens with zero attached hydrogens (tertiary/aromatic N) is 1. The molecule has 0 saturated heterocycles. The number of hydrogen-bond acceptors (Lipinski definition) is 3. The minimum absolute atomic E-state index is 0.00301. The molecule has 1 aromatic heterocycles. The highest BCUT2D eigenvalue weighted by Gasteiger charge is 2.35. The van der Waals surface area contributed by atoms with Crippen molar-refractivity contribution in [1.82, 2.24) is 9.97 Å². The molecular formula is C10H7F3N2O2. The molecule has 90 valence electrons. The Bertz CT molecular complexity index is 574. The Morgan fingerprint density at radius 2 is 2.12 bits per heavy atom. The number of aromatic nitrogens is 2. The summed E-state index contributed by atoms with van der Waals surface area (Å²) in [6.45, 7) is 0. The normalized spacial score (nSPS) is 11.8. The summed E-state index contributed by atoms with van der Waals surface area (Å²) < 4.78 is 41.8. The van der Waals surface area contributed by atoms with Crippen molar-refractivity contribution in [2.75, 3.05) is 7.11 Å². The van der Waals surface area contributed by atoms with E-state index >= 15 is 0 Å². The Labute approximate surface area is 93.4 Å². The molecule has 4 nitrogen and oxygen atoms in total. The van der Waals surface area contributed by atoms with Crippen molar-refractivity contribution in [2.24, 2.45) is 0 Å². The lowest BCUT2D eigenvalue weighted by molar-refractivity contribution is -0.144. The van der Waals surface area contributed by atoms with Gasteiger partial charge in [-0.25, -0.2) is 9.78 Å². The van der Waals surface area contributed by atoms with Crippen LogP contribution in [0.1, 0.15) is 16.2 Å². The molecule has 17 heavy (non-hydrogen) atoms. The van der Waals surface area contributed by atoms with E-state index in [-0.39, 0.29) is 16.6 Å². The maximum absolute atomic E-state index is 12.4. The minimum Gasteiger partial charge on any atom is -0.465 e. The first-order valence-electron chi connectivity index (χ1n) is 4.57. The molecule has 2 rings (SSSR count). The van der Waals surface area contributed by atoms with Crippen molar-refractivity contribution in [3.8, 4) is 0 Å². The molecular weight excluding hydrogens is 237 g/mol. The van der Waals surface area contributed by atoms with Crippen molar-refractivity contribution < 1.29 is 22.7 Å². The number of ether oxygens (including phenoxy) is 1. The van der Waals surface area contributed by atoms with Gasteiger partial charge in [0.2, 0.25) is 5.82 Å². The van der Waals surface area contributed by atoms with Gasteiger partial charge in [0, 0.05) is 0 Å². The number of nitrogens with one attached hydrogen (secondary N) is 1. The van der Waals surface area contributed by atoms with E-state index in [1.165, 1.54) is 18.2 Å². The molecule has 1 N–H and O–H groups in total. The van der Waals surface area contributed by atoms with Crippen LogP contribution in [0.5, 0.6) is 0 Å². The third-order valence-corrected chi connectivity index (χ3v) is 2.19. The standard InChI is InChI=1S/C10H7F3N2O2/c1-17-8(16)5-3-2-4-6-7(5)15-9(14-6)10(11,12)13/h2-4H,1H3,(H,14,15). The number of rotatable bonds is 1. The predicted octanol–water partition coefficient (Wildman–Crippen LogP) is 2.37. The van der Waals surface area contributed by atoms with Gasteiger partial charge in [-0.3, -0.25) is 0 Å². The highest BCUT2D eigenvalue weighted by Crippen LogP contribution is 2.29. The molecule has 2 aromatic rings. The number of esters is 1. The number of H-pyrrole nitrogens is 1. The van der Waals surface area contributed by atoms with Crippen LogP contribution in [-0.4, -0.2) is 23.0 Å². The van der Waals surface area contributed by atoms with Crippen LogP contribution in [0.15, 0.2) is 18.2 Å². The summed E-state index contributed by atoms with van der Waals surface area (Å²) in [4.78, 5) is 16.8. The average Bonchev–Trinajstić information content (AvgIpc) is 2.71. The molecule has 0 atom stereocenters. The van der Waals surface area contributed by atoms with Gasteiger partial charge in [0.05, 0.1) is 18.2 Å². The first-order valence-corrected chi connectivity index (χ1v) is 4.57. The van der Waals surface area contributed by atoms with Crippen molar-refractivity contribution in [3.63, 3.8) is 0 Å². The zero-order valence-electron chi connectivity index (χ0n) is 8.63. The van der Waals surface area contributed by atoms with Gasteiger partial charge in [-0.2, -0.15) is 13.2 Å². The van der Waals surface area contributed by atoms with E-state index in [0.717, 1.165) is 7.11 Å². The second kappa shape index (κ2) is 3.76. The molecule has 0 fully saturated rings. The number of fused-ring (bicyclic) bond motifs is 1. The fourth-order valence-corrected chi connectivity index (χ4v) is 1.44. The fourth-order valence-electron chi connectivity index (χ4n) is 1.44. The quantitative estimate of drug-likeness (QED) is 0.783. The summed E-state index contributed by atoms with van der Waals surface area (Å²) in [5.41, 5.74) is 0.0867. The van der Waals surface area contributed by atoms with Gasteiger partial charge in [-0.1, -0.05) is 6.07 Å². The van der Waals surface area contributed by atoms with Crippen molar-refractivity contribution in [1.29, 1.82) is 0 Å². The Morgan fingerprint density at radius 3 is 2.71 bits per heavy atom. The summed E-state index contributed by atoms with van der Waals surface area (Å²) in [5.74, 6) is -1.86. The Kier molecular flexibility index (Phi) is 2.53. The number of imidazole rings is 1. The molecule has 0 spiro atoms. The number of carbonyl (C=O) groups is 1. The maximum atomic E-state index is 12.4. The Balaban J connectivity index is 2.65. The van der Waals surface area contributed by atoms with Crippen LogP contribution in [0.3, 0.4) is 0 Å². The smallest absolute Gasteiger partial charge is 0.449 e. The van der Waals surface area contributed by atoms with E-state index < -0.39 is 18.0 Å². The highest BCUT2D eigenvalue weighted by atomic mass is 19.4. The van der Waals surface area contributed by atoms with E-state index in [1.54, 1.807) is 0 Å². The number of carbonyl (C=O) groups excluding carboxylic acids is 1. The number of halogens is 3. The molecule has 1 heterocycles. The van der Waals surface area contributed by atoms with Gasteiger partial charge in [0.25, 0.3) is 0 Å². The van der Waals surface area contributed by atoms with E-state index in [9.17, 15) is 18.0 Å². The highest BCUT2D eigenvalue weighted by molar-refractivity contribution is 6.01. The molecule has 1 aromatic carbocycles. The van der Waals surface area contributed by atoms with E-state index in [0.29, 0.717) is 0 Å². The third kappa shape index (κ3) is 1.95. The van der Waals surface area contributed by atoms with E-state index in [4.69, 9.17) is 0 Å². The molecule has 0 aliphatic rings. The molecule has 0 aliphatic heterocycles. The Morgan fingerprint density at radius 1 is 1.41 bits per heavy atom. The molecule has 0 unspecified atom stereocenters. The zero-order valence-corrected chi connectivity index (χ0v) is 8.63. The van der Waals surface area contributed by atoms with Gasteiger partial charge in [0.15, 0.2) is 0 Å². The molecule has 0 amide bonds. The van der Waals surface area contributed by atoms with Crippen LogP contribution in [0.4, 0.5) is 13.2 Å². The van der Waals surface area contributed by atoms with Gasteiger partial charge in [-0.05, 0) is 12.1 Å². The maximum Gasteiger partial charge on any atom is 0.449 e. The van der Waals surface area contributed by atoms with Crippen molar-refractivity contribution >= 4 is 17.0 Å². The lowest BCUT2D eigenvalue weighted by Crippen LogP contribution is -2.07. The number of alkyl halides is 3. The monoisotopic (exact) mass is 244 g/mol. The SMILES string of the molecule is COC(=O)c1cccc2[nH]c(C(F)(F)F)nc12. The summed E-state index contributed by atoms with van der Waals surface area (Å²) in [6.07, 6.45) is -4.58. The lowest BCUT2D eigenvalue weighted by atomic mass is 10.2. The van der Waals surface area contributed by atoms with Crippen LogP contribution in [0, 0.1) is 0 Å². The average molecular weight is 244 g/mol. The Hall–Kier alpha value is -2.05. The van der Waals surface area contributed by atoms with Crippen molar-refractivity contribution in [3.05, 3.63) is 29.6 Å². The first-order chi connectivity index (χ1) is 7.93.